The van der Waals surface area contributed by atoms with E-state index in [1.165, 1.54) is 25.7 Å². The van der Waals surface area contributed by atoms with Crippen molar-refractivity contribution >= 4 is 35.3 Å². The second-order valence-electron chi connectivity index (χ2n) is 18.1. The van der Waals surface area contributed by atoms with Crippen LogP contribution in [0.25, 0.3) is 28.0 Å². The van der Waals surface area contributed by atoms with Crippen molar-refractivity contribution in [2.24, 2.45) is 22.2 Å². The molecule has 318 valence electrons. The normalized spacial score (nSPS) is 22.3. The summed E-state index contributed by atoms with van der Waals surface area (Å²) in [4.78, 5) is 73.6. The molecule has 1 aromatic heterocycles. The number of nitrogens with one attached hydrogen (secondary N) is 3. The van der Waals surface area contributed by atoms with E-state index < -0.39 is 35.9 Å². The van der Waals surface area contributed by atoms with E-state index in [-0.39, 0.29) is 35.1 Å². The minimum absolute atomic E-state index is 0.0706. The van der Waals surface area contributed by atoms with Crippen LogP contribution in [0, 0.1) is 17.3 Å². The van der Waals surface area contributed by atoms with Crippen LogP contribution in [0.2, 0.25) is 0 Å². The van der Waals surface area contributed by atoms with E-state index in [0.29, 0.717) is 25.2 Å². The highest BCUT2D eigenvalue weighted by molar-refractivity contribution is 6.04. The molecule has 0 bridgehead atoms. The van der Waals surface area contributed by atoms with Crippen LogP contribution in [-0.4, -0.2) is 94.1 Å². The van der Waals surface area contributed by atoms with Crippen molar-refractivity contribution in [1.29, 1.82) is 0 Å². The SMILES string of the molecule is COC(=O)N[C@H](C(=O)N1CC2(CCC2)C[C@H]1C1=NC=C(c2ccc(-c3ccc(-c4cnc([C@@H]5CC6(CCC6)ON5C(=O)[C@@H](NC(=O)OC)C(C)C)[nH]4)cc3)cc2)C1)C(C)C. The van der Waals surface area contributed by atoms with Gasteiger partial charge >= 0.3 is 12.2 Å². The van der Waals surface area contributed by atoms with Crippen molar-refractivity contribution in [3.8, 4) is 22.4 Å². The van der Waals surface area contributed by atoms with Crippen molar-refractivity contribution in [1.82, 2.24) is 30.6 Å². The predicted molar refractivity (Wildman–Crippen MR) is 226 cm³/mol. The molecule has 2 saturated carbocycles. The number of carbonyl (C=O) groups excluding carboxylic acids is 4. The number of imidazole rings is 1. The molecule has 2 aliphatic carbocycles. The van der Waals surface area contributed by atoms with E-state index in [1.807, 2.05) is 38.8 Å². The van der Waals surface area contributed by atoms with Gasteiger partial charge in [0.1, 0.15) is 23.9 Å². The quantitative estimate of drug-likeness (QED) is 0.178. The van der Waals surface area contributed by atoms with Gasteiger partial charge in [-0.05, 0) is 83.6 Å². The molecule has 3 aliphatic heterocycles. The number of allylic oxidation sites excluding steroid dienone is 1. The van der Waals surface area contributed by atoms with E-state index in [1.54, 1.807) is 6.20 Å². The number of likely N-dealkylation sites (tertiary alicyclic amines) is 1. The molecule has 2 aromatic carbocycles. The molecule has 0 radical (unpaired) electrons. The first-order chi connectivity index (χ1) is 28.8. The van der Waals surface area contributed by atoms with Crippen LogP contribution in [0.3, 0.4) is 0 Å². The number of nitrogens with zero attached hydrogens (tertiary/aromatic N) is 4. The van der Waals surface area contributed by atoms with Crippen LogP contribution in [-0.2, 0) is 23.9 Å². The topological polar surface area (TPSA) is 168 Å². The average Bonchev–Trinajstić information content (AvgIpc) is 4.05. The zero-order valence-electron chi connectivity index (χ0n) is 35.5. The van der Waals surface area contributed by atoms with Gasteiger partial charge in [0.05, 0.1) is 37.8 Å². The first kappa shape index (κ1) is 41.2. The van der Waals surface area contributed by atoms with Gasteiger partial charge in [-0.1, -0.05) is 82.6 Å². The van der Waals surface area contributed by atoms with Crippen molar-refractivity contribution in [3.05, 3.63) is 72.3 Å². The molecule has 3 N–H and O–H groups in total. The highest BCUT2D eigenvalue weighted by Crippen LogP contribution is 2.52. The van der Waals surface area contributed by atoms with Gasteiger partial charge in [-0.2, -0.15) is 0 Å². The maximum absolute atomic E-state index is 14.0. The molecule has 2 spiro atoms. The largest absolute Gasteiger partial charge is 0.453 e. The second-order valence-corrected chi connectivity index (χ2v) is 18.1. The number of benzene rings is 2. The fourth-order valence-corrected chi connectivity index (χ4v) is 9.56. The smallest absolute Gasteiger partial charge is 0.407 e. The lowest BCUT2D eigenvalue weighted by atomic mass is 9.67. The fourth-order valence-electron chi connectivity index (χ4n) is 9.56. The first-order valence-electron chi connectivity index (χ1n) is 21.3. The van der Waals surface area contributed by atoms with Crippen molar-refractivity contribution in [3.63, 3.8) is 0 Å². The maximum Gasteiger partial charge on any atom is 0.407 e. The monoisotopic (exact) mass is 819 g/mol. The average molecular weight is 820 g/mol. The number of ether oxygens (including phenoxy) is 2. The molecule has 2 saturated heterocycles. The number of H-pyrrole nitrogens is 1. The van der Waals surface area contributed by atoms with Crippen LogP contribution < -0.4 is 10.6 Å². The molecule has 4 atom stereocenters. The lowest BCUT2D eigenvalue weighted by molar-refractivity contribution is -0.230. The number of hydrogen-bond donors (Lipinski definition) is 3. The molecule has 14 nitrogen and oxygen atoms in total. The number of aromatic nitrogens is 2. The van der Waals surface area contributed by atoms with Gasteiger partial charge < -0.3 is 30.0 Å². The van der Waals surface area contributed by atoms with Gasteiger partial charge in [-0.25, -0.2) is 19.6 Å². The molecule has 5 aliphatic rings. The summed E-state index contributed by atoms with van der Waals surface area (Å²) in [5.41, 5.74) is 6.88. The zero-order chi connectivity index (χ0) is 42.3. The Morgan fingerprint density at radius 2 is 1.33 bits per heavy atom. The van der Waals surface area contributed by atoms with Crippen LogP contribution in [0.4, 0.5) is 9.59 Å². The zero-order valence-corrected chi connectivity index (χ0v) is 35.5. The lowest BCUT2D eigenvalue weighted by Crippen LogP contribution is -2.54. The highest BCUT2D eigenvalue weighted by Gasteiger charge is 2.54. The number of aliphatic imine (C=N–C) groups is 1. The number of aromatic amines is 1. The fraction of sp³-hybridized carbons (Fsp3) is 0.522. The van der Waals surface area contributed by atoms with Gasteiger partial charge in [0.25, 0.3) is 5.91 Å². The third kappa shape index (κ3) is 7.93. The van der Waals surface area contributed by atoms with Crippen LogP contribution in [0.15, 0.2) is 65.9 Å². The molecular formula is C46H57N7O7. The molecule has 4 fully saturated rings. The number of hydroxylamine groups is 2. The summed E-state index contributed by atoms with van der Waals surface area (Å²) in [7, 11) is 2.59. The van der Waals surface area contributed by atoms with E-state index >= 15 is 0 Å². The molecule has 4 amide bonds. The summed E-state index contributed by atoms with van der Waals surface area (Å²) < 4.78 is 9.64. The van der Waals surface area contributed by atoms with E-state index in [4.69, 9.17) is 24.3 Å². The summed E-state index contributed by atoms with van der Waals surface area (Å²) >= 11 is 0. The van der Waals surface area contributed by atoms with Crippen LogP contribution in [0.1, 0.15) is 103 Å². The summed E-state index contributed by atoms with van der Waals surface area (Å²) in [5, 5.41) is 6.89. The van der Waals surface area contributed by atoms with Gasteiger partial charge in [0.15, 0.2) is 0 Å². The Kier molecular flexibility index (Phi) is 11.4. The summed E-state index contributed by atoms with van der Waals surface area (Å²) in [6, 6.07) is 14.8. The Bertz CT molecular complexity index is 2170. The van der Waals surface area contributed by atoms with E-state index in [9.17, 15) is 19.2 Å². The van der Waals surface area contributed by atoms with E-state index in [0.717, 1.165) is 77.8 Å². The number of rotatable bonds is 11. The highest BCUT2D eigenvalue weighted by atomic mass is 16.7. The predicted octanol–water partition coefficient (Wildman–Crippen LogP) is 7.59. The Labute approximate surface area is 351 Å². The van der Waals surface area contributed by atoms with Gasteiger partial charge in [-0.15, -0.1) is 0 Å². The minimum Gasteiger partial charge on any atom is -0.453 e. The molecular weight excluding hydrogens is 763 g/mol. The van der Waals surface area contributed by atoms with Gasteiger partial charge in [0, 0.05) is 31.3 Å². The third-order valence-electron chi connectivity index (χ3n) is 13.4. The summed E-state index contributed by atoms with van der Waals surface area (Å²) in [6.07, 6.45) is 10.8. The second kappa shape index (κ2) is 16.5. The van der Waals surface area contributed by atoms with Crippen LogP contribution in [0.5, 0.6) is 0 Å². The molecule has 8 rings (SSSR count). The van der Waals surface area contributed by atoms with Gasteiger partial charge in [0.2, 0.25) is 5.91 Å². The van der Waals surface area contributed by atoms with E-state index in [2.05, 4.69) is 64.1 Å². The Balaban J connectivity index is 0.924. The minimum atomic E-state index is -0.812. The number of methoxy groups -OCH3 is 2. The number of alkyl carbamates (subject to hydrolysis) is 2. The Morgan fingerprint density at radius 3 is 1.87 bits per heavy atom. The van der Waals surface area contributed by atoms with Crippen molar-refractivity contribution in [2.45, 2.75) is 115 Å². The summed E-state index contributed by atoms with van der Waals surface area (Å²) in [5.74, 6) is -0.0296. The molecule has 4 heterocycles. The summed E-state index contributed by atoms with van der Waals surface area (Å²) in [6.45, 7) is 8.33. The van der Waals surface area contributed by atoms with Crippen molar-refractivity contribution in [2.75, 3.05) is 20.8 Å². The Morgan fingerprint density at radius 1 is 0.767 bits per heavy atom. The molecule has 0 unspecified atom stereocenters. The number of hydrogen-bond acceptors (Lipinski definition) is 9. The number of carbonyl (C=O) groups is 4. The lowest BCUT2D eigenvalue weighted by Gasteiger charge is -2.38. The standard InChI is InChI=1S/C46H57N7O7/c1-27(2)38(50-43(56)58-5)41(54)52-26-45(17-7-18-45)22-36(52)34-21-33(24-47-34)31-11-9-29(10-12-31)30-13-15-32(16-14-30)35-25-48-40(49-35)37-23-46(19-8-20-46)60-53(37)42(55)39(28(3)4)51-44(57)59-6/h9-16,24-25,27-28,36-39H,7-8,17-23,26H2,1-6H3,(H,48,49)(H,50,56)(H,51,57)/t36-,37-,38-,39-/m0/s1. The third-order valence-corrected chi connectivity index (χ3v) is 13.4. The van der Waals surface area contributed by atoms with Crippen LogP contribution >= 0.6 is 0 Å². The Hall–Kier alpha value is -5.50. The molecule has 14 heteroatoms. The molecule has 60 heavy (non-hydrogen) atoms. The van der Waals surface area contributed by atoms with Crippen molar-refractivity contribution < 1.29 is 33.5 Å². The maximum atomic E-state index is 14.0. The molecule has 3 aromatic rings. The number of amides is 4. The first-order valence-corrected chi connectivity index (χ1v) is 21.3. The van der Waals surface area contributed by atoms with Gasteiger partial charge in [-0.3, -0.25) is 19.4 Å².